The molecular weight excluding hydrogens is 211 g/mol. The van der Waals surface area contributed by atoms with Crippen LogP contribution in [-0.2, 0) is 4.79 Å². The first-order valence-electron chi connectivity index (χ1n) is 4.88. The van der Waals surface area contributed by atoms with Crippen LogP contribution < -0.4 is 0 Å². The molecule has 0 heterocycles. The van der Waals surface area contributed by atoms with E-state index < -0.39 is 24.7 Å². The molecule has 1 N–H and O–H groups in total. The first kappa shape index (κ1) is 12.3. The molecule has 15 heavy (non-hydrogen) atoms. The summed E-state index contributed by atoms with van der Waals surface area (Å²) in [5.74, 6) is -1.26. The average molecular weight is 225 g/mol. The second-order valence-electron chi connectivity index (χ2n) is 3.80. The van der Waals surface area contributed by atoms with Crippen molar-refractivity contribution in [1.29, 1.82) is 0 Å². The minimum absolute atomic E-state index is 0.104. The zero-order chi connectivity index (χ0) is 11.6. The van der Waals surface area contributed by atoms with Gasteiger partial charge in [-0.15, -0.1) is 0 Å². The molecule has 1 atom stereocenters. The highest BCUT2D eigenvalue weighted by Crippen LogP contribution is 2.36. The minimum Gasteiger partial charge on any atom is -0.480 e. The molecule has 1 rings (SSSR count). The molecule has 88 valence electrons. The van der Waals surface area contributed by atoms with Crippen LogP contribution in [0.4, 0.5) is 13.2 Å². The Hall–Kier alpha value is -0.780. The van der Waals surface area contributed by atoms with Crippen molar-refractivity contribution in [3.05, 3.63) is 0 Å². The maximum absolute atomic E-state index is 12.2. The Morgan fingerprint density at radius 2 is 2.07 bits per heavy atom. The van der Waals surface area contributed by atoms with E-state index in [-0.39, 0.29) is 12.5 Å². The summed E-state index contributed by atoms with van der Waals surface area (Å²) in [6.07, 6.45) is -2.91. The van der Waals surface area contributed by atoms with E-state index in [0.717, 1.165) is 4.90 Å². The molecular formula is C9H14F3NO2. The zero-order valence-corrected chi connectivity index (χ0v) is 8.42. The van der Waals surface area contributed by atoms with Gasteiger partial charge in [0.2, 0.25) is 0 Å². The number of hydrogen-bond acceptors (Lipinski definition) is 2. The Morgan fingerprint density at radius 3 is 2.33 bits per heavy atom. The van der Waals surface area contributed by atoms with Crippen LogP contribution in [0.1, 0.15) is 19.8 Å². The van der Waals surface area contributed by atoms with Crippen LogP contribution in [0.3, 0.4) is 0 Å². The predicted molar refractivity (Wildman–Crippen MR) is 47.4 cm³/mol. The average Bonchev–Trinajstić information content (AvgIpc) is 2.83. The second-order valence-corrected chi connectivity index (χ2v) is 3.80. The van der Waals surface area contributed by atoms with Crippen molar-refractivity contribution >= 4 is 5.97 Å². The fourth-order valence-electron chi connectivity index (χ4n) is 1.71. The summed E-state index contributed by atoms with van der Waals surface area (Å²) in [5, 5.41) is 8.87. The molecule has 1 saturated carbocycles. The zero-order valence-electron chi connectivity index (χ0n) is 8.42. The minimum atomic E-state index is -4.33. The van der Waals surface area contributed by atoms with Crippen molar-refractivity contribution in [3.8, 4) is 0 Å². The van der Waals surface area contributed by atoms with E-state index in [1.54, 1.807) is 6.92 Å². The largest absolute Gasteiger partial charge is 0.480 e. The molecule has 0 aromatic carbocycles. The summed E-state index contributed by atoms with van der Waals surface area (Å²) in [4.78, 5) is 11.8. The van der Waals surface area contributed by atoms with Crippen LogP contribution in [0.5, 0.6) is 0 Å². The van der Waals surface area contributed by atoms with Crippen molar-refractivity contribution in [2.24, 2.45) is 5.92 Å². The molecule has 6 heteroatoms. The number of hydrogen-bond donors (Lipinski definition) is 1. The van der Waals surface area contributed by atoms with Gasteiger partial charge in [0.1, 0.15) is 6.04 Å². The van der Waals surface area contributed by atoms with Gasteiger partial charge < -0.3 is 5.11 Å². The number of aliphatic carboxylic acids is 1. The number of halogens is 3. The standard InChI is InChI=1S/C9H14F3NO2/c1-2-13(5-9(10,11)12)7(8(14)15)6-3-4-6/h6-7H,2-5H2,1H3,(H,14,15). The van der Waals surface area contributed by atoms with E-state index in [2.05, 4.69) is 0 Å². The number of alkyl halides is 3. The normalized spacial score (nSPS) is 19.3. The molecule has 0 saturated heterocycles. The highest BCUT2D eigenvalue weighted by molar-refractivity contribution is 5.74. The van der Waals surface area contributed by atoms with Crippen LogP contribution in [0.2, 0.25) is 0 Å². The third-order valence-electron chi connectivity index (χ3n) is 2.50. The van der Waals surface area contributed by atoms with Gasteiger partial charge in [0.05, 0.1) is 6.54 Å². The first-order valence-corrected chi connectivity index (χ1v) is 4.88. The summed E-state index contributed by atoms with van der Waals surface area (Å²) < 4.78 is 36.5. The highest BCUT2D eigenvalue weighted by Gasteiger charge is 2.43. The van der Waals surface area contributed by atoms with E-state index in [1.807, 2.05) is 0 Å². The molecule has 0 spiro atoms. The summed E-state index contributed by atoms with van der Waals surface area (Å²) in [5.41, 5.74) is 0. The Morgan fingerprint density at radius 1 is 1.53 bits per heavy atom. The maximum Gasteiger partial charge on any atom is 0.401 e. The topological polar surface area (TPSA) is 40.5 Å². The Bertz CT molecular complexity index is 238. The molecule has 1 fully saturated rings. The Kier molecular flexibility index (Phi) is 3.59. The van der Waals surface area contributed by atoms with Crippen LogP contribution >= 0.6 is 0 Å². The van der Waals surface area contributed by atoms with Gasteiger partial charge in [0, 0.05) is 0 Å². The van der Waals surface area contributed by atoms with Gasteiger partial charge in [-0.05, 0) is 25.3 Å². The van der Waals surface area contributed by atoms with E-state index in [1.165, 1.54) is 0 Å². The van der Waals surface area contributed by atoms with E-state index in [9.17, 15) is 18.0 Å². The Balaban J connectivity index is 2.65. The summed E-state index contributed by atoms with van der Waals surface area (Å²) in [6.45, 7) is 0.508. The van der Waals surface area contributed by atoms with Crippen molar-refractivity contribution in [3.63, 3.8) is 0 Å². The van der Waals surface area contributed by atoms with Crippen molar-refractivity contribution in [2.45, 2.75) is 32.0 Å². The molecule has 0 radical (unpaired) electrons. The lowest BCUT2D eigenvalue weighted by Crippen LogP contribution is -2.47. The van der Waals surface area contributed by atoms with Gasteiger partial charge in [0.15, 0.2) is 0 Å². The van der Waals surface area contributed by atoms with E-state index in [4.69, 9.17) is 5.11 Å². The van der Waals surface area contributed by atoms with Gasteiger partial charge in [-0.25, -0.2) is 0 Å². The lowest BCUT2D eigenvalue weighted by Gasteiger charge is -2.28. The fourth-order valence-corrected chi connectivity index (χ4v) is 1.71. The molecule has 0 amide bonds. The molecule has 0 aromatic rings. The van der Waals surface area contributed by atoms with Crippen molar-refractivity contribution in [2.75, 3.05) is 13.1 Å². The number of carbonyl (C=O) groups is 1. The molecule has 0 bridgehead atoms. The molecule has 1 aliphatic carbocycles. The number of rotatable bonds is 5. The Labute approximate surface area is 85.9 Å². The number of nitrogens with zero attached hydrogens (tertiary/aromatic N) is 1. The van der Waals surface area contributed by atoms with Crippen LogP contribution in [0.15, 0.2) is 0 Å². The first-order chi connectivity index (χ1) is 6.85. The summed E-state index contributed by atoms with van der Waals surface area (Å²) >= 11 is 0. The number of carboxylic acid groups (broad SMARTS) is 1. The molecule has 3 nitrogen and oxygen atoms in total. The van der Waals surface area contributed by atoms with E-state index in [0.29, 0.717) is 12.8 Å². The molecule has 0 aromatic heterocycles. The SMILES string of the molecule is CCN(CC(F)(F)F)C(C(=O)O)C1CC1. The molecule has 1 aliphatic rings. The van der Waals surface area contributed by atoms with Gasteiger partial charge in [-0.2, -0.15) is 13.2 Å². The number of likely N-dealkylation sites (N-methyl/N-ethyl adjacent to an activating group) is 1. The predicted octanol–water partition coefficient (Wildman–Crippen LogP) is 1.73. The number of carboxylic acids is 1. The van der Waals surface area contributed by atoms with Crippen molar-refractivity contribution in [1.82, 2.24) is 4.90 Å². The highest BCUT2D eigenvalue weighted by atomic mass is 19.4. The van der Waals surface area contributed by atoms with Crippen LogP contribution in [0.25, 0.3) is 0 Å². The summed E-state index contributed by atoms with van der Waals surface area (Å²) in [6, 6.07) is -0.975. The maximum atomic E-state index is 12.2. The van der Waals surface area contributed by atoms with Gasteiger partial charge in [-0.1, -0.05) is 6.92 Å². The third kappa shape index (κ3) is 3.70. The van der Waals surface area contributed by atoms with Crippen LogP contribution in [-0.4, -0.2) is 41.3 Å². The quantitative estimate of drug-likeness (QED) is 0.774. The summed E-state index contributed by atoms with van der Waals surface area (Å²) in [7, 11) is 0. The monoisotopic (exact) mass is 225 g/mol. The fraction of sp³-hybridized carbons (Fsp3) is 0.889. The van der Waals surface area contributed by atoms with E-state index >= 15 is 0 Å². The molecule has 1 unspecified atom stereocenters. The second kappa shape index (κ2) is 4.38. The third-order valence-corrected chi connectivity index (χ3v) is 2.50. The van der Waals surface area contributed by atoms with Gasteiger partial charge in [-0.3, -0.25) is 9.69 Å². The van der Waals surface area contributed by atoms with Crippen molar-refractivity contribution < 1.29 is 23.1 Å². The van der Waals surface area contributed by atoms with Crippen LogP contribution in [0, 0.1) is 5.92 Å². The van der Waals surface area contributed by atoms with Gasteiger partial charge >= 0.3 is 12.1 Å². The molecule has 0 aliphatic heterocycles. The van der Waals surface area contributed by atoms with Gasteiger partial charge in [0.25, 0.3) is 0 Å². The lowest BCUT2D eigenvalue weighted by atomic mass is 10.1. The lowest BCUT2D eigenvalue weighted by molar-refractivity contribution is -0.162. The smallest absolute Gasteiger partial charge is 0.401 e.